The molecule has 0 aromatic carbocycles. The Labute approximate surface area is 76.5 Å². The average molecular weight is 183 g/mol. The van der Waals surface area contributed by atoms with E-state index in [0.29, 0.717) is 25.4 Å². The molecule has 0 aromatic rings. The monoisotopic (exact) mass is 183 g/mol. The summed E-state index contributed by atoms with van der Waals surface area (Å²) in [5.41, 5.74) is 0. The summed E-state index contributed by atoms with van der Waals surface area (Å²) in [6.45, 7) is 0.835. The second-order valence-electron chi connectivity index (χ2n) is 3.98. The predicted octanol–water partition coefficient (Wildman–Crippen LogP) is 0.329. The SMILES string of the molecule is O=C(O)C1CN(C(=O)CC2CC2)C1. The molecule has 4 nitrogen and oxygen atoms in total. The molecule has 13 heavy (non-hydrogen) atoms. The number of aliphatic carboxylic acids is 1. The van der Waals surface area contributed by atoms with Crippen molar-refractivity contribution in [2.45, 2.75) is 19.3 Å². The number of carbonyl (C=O) groups is 2. The summed E-state index contributed by atoms with van der Waals surface area (Å²) in [5.74, 6) is -0.366. The molecule has 2 fully saturated rings. The number of rotatable bonds is 3. The van der Waals surface area contributed by atoms with Gasteiger partial charge < -0.3 is 10.0 Å². The van der Waals surface area contributed by atoms with Crippen molar-refractivity contribution < 1.29 is 14.7 Å². The molecule has 1 heterocycles. The van der Waals surface area contributed by atoms with E-state index in [4.69, 9.17) is 5.11 Å². The largest absolute Gasteiger partial charge is 0.481 e. The molecule has 0 atom stereocenters. The smallest absolute Gasteiger partial charge is 0.310 e. The van der Waals surface area contributed by atoms with Crippen molar-refractivity contribution in [1.82, 2.24) is 4.90 Å². The lowest BCUT2D eigenvalue weighted by Gasteiger charge is -2.36. The van der Waals surface area contributed by atoms with Gasteiger partial charge in [0, 0.05) is 19.5 Å². The molecule has 2 aliphatic rings. The zero-order valence-electron chi connectivity index (χ0n) is 7.40. The van der Waals surface area contributed by atoms with Crippen LogP contribution in [-0.2, 0) is 9.59 Å². The summed E-state index contributed by atoms with van der Waals surface area (Å²) in [7, 11) is 0. The van der Waals surface area contributed by atoms with Crippen molar-refractivity contribution in [2.24, 2.45) is 11.8 Å². The molecule has 1 saturated carbocycles. The maximum Gasteiger partial charge on any atom is 0.310 e. The van der Waals surface area contributed by atoms with Gasteiger partial charge in [-0.3, -0.25) is 9.59 Å². The first-order valence-electron chi connectivity index (χ1n) is 4.67. The Bertz CT molecular complexity index is 241. The van der Waals surface area contributed by atoms with Crippen LogP contribution in [0.3, 0.4) is 0 Å². The molecule has 1 N–H and O–H groups in total. The maximum absolute atomic E-state index is 11.4. The number of nitrogens with zero attached hydrogens (tertiary/aromatic N) is 1. The third-order valence-corrected chi connectivity index (χ3v) is 2.74. The van der Waals surface area contributed by atoms with Crippen LogP contribution >= 0.6 is 0 Å². The van der Waals surface area contributed by atoms with Crippen molar-refractivity contribution in [2.75, 3.05) is 13.1 Å². The maximum atomic E-state index is 11.4. The molecular formula is C9H13NO3. The number of hydrogen-bond donors (Lipinski definition) is 1. The van der Waals surface area contributed by atoms with E-state index >= 15 is 0 Å². The number of likely N-dealkylation sites (tertiary alicyclic amines) is 1. The van der Waals surface area contributed by atoms with E-state index in [2.05, 4.69) is 0 Å². The summed E-state index contributed by atoms with van der Waals surface area (Å²) in [5, 5.41) is 8.59. The van der Waals surface area contributed by atoms with Gasteiger partial charge in [-0.15, -0.1) is 0 Å². The van der Waals surface area contributed by atoms with Crippen molar-refractivity contribution in [3.05, 3.63) is 0 Å². The number of amides is 1. The van der Waals surface area contributed by atoms with Crippen LogP contribution in [0.4, 0.5) is 0 Å². The standard InChI is InChI=1S/C9H13NO3/c11-8(3-6-1-2-6)10-4-7(5-10)9(12)13/h6-7H,1-5H2,(H,12,13). The minimum Gasteiger partial charge on any atom is -0.481 e. The Morgan fingerprint density at radius 3 is 2.38 bits per heavy atom. The second-order valence-corrected chi connectivity index (χ2v) is 3.98. The zero-order valence-corrected chi connectivity index (χ0v) is 7.40. The van der Waals surface area contributed by atoms with Gasteiger partial charge in [-0.05, 0) is 18.8 Å². The van der Waals surface area contributed by atoms with Crippen molar-refractivity contribution in [3.8, 4) is 0 Å². The fraction of sp³-hybridized carbons (Fsp3) is 0.778. The molecule has 1 aliphatic heterocycles. The highest BCUT2D eigenvalue weighted by molar-refractivity contribution is 5.81. The van der Waals surface area contributed by atoms with Crippen LogP contribution in [0.25, 0.3) is 0 Å². The summed E-state index contributed by atoms with van der Waals surface area (Å²) >= 11 is 0. The van der Waals surface area contributed by atoms with Gasteiger partial charge in [0.1, 0.15) is 0 Å². The summed E-state index contributed by atoms with van der Waals surface area (Å²) in [4.78, 5) is 23.5. The van der Waals surface area contributed by atoms with E-state index in [0.717, 1.165) is 0 Å². The molecule has 1 saturated heterocycles. The molecule has 72 valence electrons. The van der Waals surface area contributed by atoms with E-state index in [9.17, 15) is 9.59 Å². The molecule has 1 aliphatic carbocycles. The fourth-order valence-electron chi connectivity index (χ4n) is 1.54. The first kappa shape index (κ1) is 8.53. The predicted molar refractivity (Wildman–Crippen MR) is 45.0 cm³/mol. The fourth-order valence-corrected chi connectivity index (χ4v) is 1.54. The lowest BCUT2D eigenvalue weighted by Crippen LogP contribution is -2.53. The van der Waals surface area contributed by atoms with Gasteiger partial charge in [-0.25, -0.2) is 0 Å². The molecule has 1 amide bonds. The van der Waals surface area contributed by atoms with Crippen LogP contribution in [-0.4, -0.2) is 35.0 Å². The van der Waals surface area contributed by atoms with Crippen molar-refractivity contribution in [1.29, 1.82) is 0 Å². The highest BCUT2D eigenvalue weighted by atomic mass is 16.4. The highest BCUT2D eigenvalue weighted by Crippen LogP contribution is 2.33. The first-order valence-corrected chi connectivity index (χ1v) is 4.67. The molecule has 0 radical (unpaired) electrons. The average Bonchev–Trinajstić information content (AvgIpc) is 2.66. The van der Waals surface area contributed by atoms with Gasteiger partial charge in [0.05, 0.1) is 5.92 Å². The van der Waals surface area contributed by atoms with Crippen molar-refractivity contribution in [3.63, 3.8) is 0 Å². The Morgan fingerprint density at radius 2 is 1.92 bits per heavy atom. The van der Waals surface area contributed by atoms with Gasteiger partial charge >= 0.3 is 5.97 Å². The molecular weight excluding hydrogens is 170 g/mol. The van der Waals surface area contributed by atoms with Gasteiger partial charge in [-0.2, -0.15) is 0 Å². The number of carboxylic acid groups (broad SMARTS) is 1. The molecule has 0 spiro atoms. The minimum atomic E-state index is -0.782. The highest BCUT2D eigenvalue weighted by Gasteiger charge is 2.37. The van der Waals surface area contributed by atoms with Crippen LogP contribution in [0.5, 0.6) is 0 Å². The number of hydrogen-bond acceptors (Lipinski definition) is 2. The van der Waals surface area contributed by atoms with Gasteiger partial charge in [-0.1, -0.05) is 0 Å². The molecule has 4 heteroatoms. The zero-order chi connectivity index (χ0) is 9.42. The van der Waals surface area contributed by atoms with E-state index in [1.807, 2.05) is 0 Å². The molecule has 0 unspecified atom stereocenters. The lowest BCUT2D eigenvalue weighted by molar-refractivity contribution is -0.152. The van der Waals surface area contributed by atoms with E-state index in [1.54, 1.807) is 4.90 Å². The summed E-state index contributed by atoms with van der Waals surface area (Å²) in [6, 6.07) is 0. The van der Waals surface area contributed by atoms with E-state index < -0.39 is 5.97 Å². The Kier molecular flexibility index (Phi) is 1.98. The van der Waals surface area contributed by atoms with Crippen LogP contribution in [0.1, 0.15) is 19.3 Å². The Morgan fingerprint density at radius 1 is 1.31 bits per heavy atom. The number of carboxylic acids is 1. The van der Waals surface area contributed by atoms with Gasteiger partial charge in [0.2, 0.25) is 5.91 Å². The normalized spacial score (nSPS) is 22.6. The van der Waals surface area contributed by atoms with Crippen LogP contribution in [0, 0.1) is 11.8 Å². The Balaban J connectivity index is 1.72. The molecule has 0 aromatic heterocycles. The van der Waals surface area contributed by atoms with Crippen molar-refractivity contribution >= 4 is 11.9 Å². The van der Waals surface area contributed by atoms with E-state index in [1.165, 1.54) is 12.8 Å². The minimum absolute atomic E-state index is 0.139. The first-order chi connectivity index (χ1) is 6.16. The molecule has 0 bridgehead atoms. The van der Waals surface area contributed by atoms with E-state index in [-0.39, 0.29) is 11.8 Å². The molecule has 2 rings (SSSR count). The summed E-state index contributed by atoms with van der Waals surface area (Å²) in [6.07, 6.45) is 2.97. The number of carbonyl (C=O) groups excluding carboxylic acids is 1. The Hall–Kier alpha value is -1.06. The van der Waals surface area contributed by atoms with Crippen LogP contribution in [0.15, 0.2) is 0 Å². The third-order valence-electron chi connectivity index (χ3n) is 2.74. The lowest BCUT2D eigenvalue weighted by atomic mass is 10.00. The quantitative estimate of drug-likeness (QED) is 0.686. The van der Waals surface area contributed by atoms with Crippen LogP contribution in [0.2, 0.25) is 0 Å². The topological polar surface area (TPSA) is 57.6 Å². The van der Waals surface area contributed by atoms with Gasteiger partial charge in [0.25, 0.3) is 0 Å². The summed E-state index contributed by atoms with van der Waals surface area (Å²) < 4.78 is 0. The van der Waals surface area contributed by atoms with Gasteiger partial charge in [0.15, 0.2) is 0 Å². The van der Waals surface area contributed by atoms with Crippen LogP contribution < -0.4 is 0 Å². The third kappa shape index (κ3) is 1.82. The second kappa shape index (κ2) is 3.01.